The lowest BCUT2D eigenvalue weighted by molar-refractivity contribution is 0.491. The summed E-state index contributed by atoms with van der Waals surface area (Å²) in [6.45, 7) is 0. The second-order valence-electron chi connectivity index (χ2n) is 2.20. The molecule has 0 aliphatic rings. The summed E-state index contributed by atoms with van der Waals surface area (Å²) in [6.07, 6.45) is 0. The van der Waals surface area contributed by atoms with Gasteiger partial charge in [0.1, 0.15) is 5.75 Å². The molecule has 0 aliphatic heterocycles. The zero-order valence-electron chi connectivity index (χ0n) is 6.41. The molecule has 1 rings (SSSR count). The van der Waals surface area contributed by atoms with Crippen LogP contribution in [0.25, 0.3) is 0 Å². The largest absolute Gasteiger partial charge is 0.382 e. The highest BCUT2D eigenvalue weighted by Gasteiger charge is 2.09. The maximum Gasteiger partial charge on any atom is 0.323 e. The van der Waals surface area contributed by atoms with Gasteiger partial charge in [-0.2, -0.15) is 8.42 Å². The fraction of sp³-hybridized carbons (Fsp3) is 0.143. The summed E-state index contributed by atoms with van der Waals surface area (Å²) in [7, 11) is -3.66. The first-order valence-electron chi connectivity index (χ1n) is 3.27. The van der Waals surface area contributed by atoms with Crippen molar-refractivity contribution in [1.29, 1.82) is 0 Å². The highest BCUT2D eigenvalue weighted by atomic mass is 35.5. The molecule has 3 nitrogen and oxygen atoms in total. The number of benzene rings is 1. The fourth-order valence-corrected chi connectivity index (χ4v) is 1.37. The van der Waals surface area contributed by atoms with Gasteiger partial charge in [0.05, 0.1) is 0 Å². The lowest BCUT2D eigenvalue weighted by atomic mass is 10.3. The van der Waals surface area contributed by atoms with Crippen LogP contribution in [0, 0.1) is 0 Å². The van der Waals surface area contributed by atoms with Crippen molar-refractivity contribution in [3.63, 3.8) is 0 Å². The van der Waals surface area contributed by atoms with E-state index in [0.29, 0.717) is 5.02 Å². The standard InChI is InChI=1S/C7H6Cl2O3S/c8-5-13(10,11)12-7-3-1-6(9)2-4-7/h1-4H,5H2. The number of hydrogen-bond donors (Lipinski definition) is 0. The molecule has 0 radical (unpaired) electrons. The van der Waals surface area contributed by atoms with Crippen LogP contribution in [0.15, 0.2) is 24.3 Å². The van der Waals surface area contributed by atoms with Gasteiger partial charge in [-0.15, -0.1) is 11.6 Å². The average Bonchev–Trinajstić information content (AvgIpc) is 2.09. The minimum absolute atomic E-state index is 0.199. The molecule has 0 saturated carbocycles. The van der Waals surface area contributed by atoms with Gasteiger partial charge < -0.3 is 4.18 Å². The second-order valence-corrected chi connectivity index (χ2v) is 4.80. The topological polar surface area (TPSA) is 43.4 Å². The summed E-state index contributed by atoms with van der Waals surface area (Å²) >= 11 is 10.7. The highest BCUT2D eigenvalue weighted by Crippen LogP contribution is 2.17. The van der Waals surface area contributed by atoms with Gasteiger partial charge in [-0.1, -0.05) is 11.6 Å². The molecule has 13 heavy (non-hydrogen) atoms. The van der Waals surface area contributed by atoms with Crippen molar-refractivity contribution < 1.29 is 12.6 Å². The van der Waals surface area contributed by atoms with Gasteiger partial charge in [0, 0.05) is 5.02 Å². The van der Waals surface area contributed by atoms with E-state index in [1.165, 1.54) is 24.3 Å². The Morgan fingerprint density at radius 3 is 2.23 bits per heavy atom. The lowest BCUT2D eigenvalue weighted by Crippen LogP contribution is -2.09. The van der Waals surface area contributed by atoms with Crippen molar-refractivity contribution in [3.8, 4) is 5.75 Å². The predicted octanol–water partition coefficient (Wildman–Crippen LogP) is 2.24. The van der Waals surface area contributed by atoms with E-state index in [-0.39, 0.29) is 5.75 Å². The van der Waals surface area contributed by atoms with Crippen LogP contribution in [0.2, 0.25) is 5.02 Å². The molecular formula is C7H6Cl2O3S. The molecule has 0 spiro atoms. The molecule has 0 aromatic heterocycles. The third kappa shape index (κ3) is 3.42. The monoisotopic (exact) mass is 240 g/mol. The summed E-state index contributed by atoms with van der Waals surface area (Å²) in [5, 5.41) is -0.0639. The number of alkyl halides is 1. The molecule has 0 unspecified atom stereocenters. The van der Waals surface area contributed by atoms with Crippen LogP contribution < -0.4 is 4.18 Å². The third-order valence-corrected chi connectivity index (χ3v) is 2.94. The van der Waals surface area contributed by atoms with Crippen LogP contribution in [-0.4, -0.2) is 13.6 Å². The molecule has 0 N–H and O–H groups in total. The first-order valence-corrected chi connectivity index (χ1v) is 5.76. The quantitative estimate of drug-likeness (QED) is 0.602. The molecule has 0 heterocycles. The van der Waals surface area contributed by atoms with E-state index in [1.807, 2.05) is 0 Å². The zero-order valence-corrected chi connectivity index (χ0v) is 8.73. The molecule has 0 fully saturated rings. The Balaban J connectivity index is 2.82. The summed E-state index contributed by atoms with van der Waals surface area (Å²) in [4.78, 5) is 0. The Morgan fingerprint density at radius 2 is 1.77 bits per heavy atom. The minimum atomic E-state index is -3.66. The summed E-state index contributed by atoms with van der Waals surface area (Å²) in [6, 6.07) is 5.96. The van der Waals surface area contributed by atoms with Crippen LogP contribution in [-0.2, 0) is 10.1 Å². The van der Waals surface area contributed by atoms with Crippen molar-refractivity contribution >= 4 is 33.3 Å². The number of rotatable bonds is 3. The lowest BCUT2D eigenvalue weighted by Gasteiger charge is -2.02. The Morgan fingerprint density at radius 1 is 1.23 bits per heavy atom. The van der Waals surface area contributed by atoms with E-state index in [1.54, 1.807) is 0 Å². The average molecular weight is 241 g/mol. The molecule has 0 aliphatic carbocycles. The van der Waals surface area contributed by atoms with E-state index < -0.39 is 15.3 Å². The SMILES string of the molecule is O=S(=O)(CCl)Oc1ccc(Cl)cc1. The van der Waals surface area contributed by atoms with Crippen LogP contribution >= 0.6 is 23.2 Å². The first kappa shape index (κ1) is 10.6. The summed E-state index contributed by atoms with van der Waals surface area (Å²) in [5.74, 6) is 0.199. The molecule has 0 bridgehead atoms. The predicted molar refractivity (Wildman–Crippen MR) is 51.7 cm³/mol. The molecular weight excluding hydrogens is 235 g/mol. The van der Waals surface area contributed by atoms with Crippen molar-refractivity contribution in [2.24, 2.45) is 0 Å². The van der Waals surface area contributed by atoms with Gasteiger partial charge >= 0.3 is 10.1 Å². The molecule has 72 valence electrons. The van der Waals surface area contributed by atoms with Gasteiger partial charge in [-0.05, 0) is 24.3 Å². The Kier molecular flexibility index (Phi) is 3.41. The van der Waals surface area contributed by atoms with Crippen molar-refractivity contribution in [1.82, 2.24) is 0 Å². The zero-order chi connectivity index (χ0) is 9.90. The Hall–Kier alpha value is -0.450. The van der Waals surface area contributed by atoms with Crippen LogP contribution in [0.4, 0.5) is 0 Å². The van der Waals surface area contributed by atoms with Crippen LogP contribution in [0.1, 0.15) is 0 Å². The fourth-order valence-electron chi connectivity index (χ4n) is 0.659. The van der Waals surface area contributed by atoms with Crippen molar-refractivity contribution in [2.45, 2.75) is 0 Å². The third-order valence-electron chi connectivity index (χ3n) is 1.17. The Labute approximate surface area is 86.4 Å². The van der Waals surface area contributed by atoms with E-state index in [0.717, 1.165) is 0 Å². The summed E-state index contributed by atoms with van der Waals surface area (Å²) < 4.78 is 26.3. The van der Waals surface area contributed by atoms with Gasteiger partial charge in [0.25, 0.3) is 0 Å². The molecule has 1 aromatic carbocycles. The van der Waals surface area contributed by atoms with Crippen LogP contribution in [0.5, 0.6) is 5.75 Å². The van der Waals surface area contributed by atoms with Gasteiger partial charge in [-0.25, -0.2) is 0 Å². The van der Waals surface area contributed by atoms with Gasteiger partial charge in [0.15, 0.2) is 5.21 Å². The van der Waals surface area contributed by atoms with Gasteiger partial charge in [-0.3, -0.25) is 0 Å². The molecule has 6 heteroatoms. The maximum atomic E-state index is 10.9. The Bertz CT molecular complexity index is 371. The first-order chi connectivity index (χ1) is 6.03. The molecule has 0 saturated heterocycles. The van der Waals surface area contributed by atoms with Crippen molar-refractivity contribution in [3.05, 3.63) is 29.3 Å². The number of halogens is 2. The highest BCUT2D eigenvalue weighted by molar-refractivity contribution is 7.88. The van der Waals surface area contributed by atoms with E-state index in [9.17, 15) is 8.42 Å². The second kappa shape index (κ2) is 4.17. The smallest absolute Gasteiger partial charge is 0.323 e. The van der Waals surface area contributed by atoms with E-state index in [2.05, 4.69) is 4.18 Å². The summed E-state index contributed by atoms with van der Waals surface area (Å²) in [5.41, 5.74) is 0. The normalized spacial score (nSPS) is 11.2. The van der Waals surface area contributed by atoms with Crippen molar-refractivity contribution in [2.75, 3.05) is 5.21 Å². The van der Waals surface area contributed by atoms with E-state index >= 15 is 0 Å². The number of hydrogen-bond acceptors (Lipinski definition) is 3. The maximum absolute atomic E-state index is 10.9. The van der Waals surface area contributed by atoms with Gasteiger partial charge in [0.2, 0.25) is 0 Å². The molecule has 0 amide bonds. The van der Waals surface area contributed by atoms with Crippen LogP contribution in [0.3, 0.4) is 0 Å². The molecule has 1 aromatic rings. The van der Waals surface area contributed by atoms with E-state index in [4.69, 9.17) is 23.2 Å². The molecule has 0 atom stereocenters. The minimum Gasteiger partial charge on any atom is -0.382 e.